The highest BCUT2D eigenvalue weighted by Gasteiger charge is 2.35. The standard InChI is InChI=1S/C17H13BrP/c18-16-12-7-13-17(16)19(14-8-3-1-4-9-14)15-10-5-2-6-11-15/h1-13H. The third-order valence-corrected chi connectivity index (χ3v) is 6.51. The van der Waals surface area contributed by atoms with Gasteiger partial charge in [-0.1, -0.05) is 76.6 Å². The average molecular weight is 328 g/mol. The molecular formula is C17H13BrP. The largest absolute Gasteiger partial charge is 0.0824 e. The highest BCUT2D eigenvalue weighted by molar-refractivity contribution is 9.11. The summed E-state index contributed by atoms with van der Waals surface area (Å²) in [4.78, 5) is 1.20. The van der Waals surface area contributed by atoms with Gasteiger partial charge in [0, 0.05) is 5.66 Å². The van der Waals surface area contributed by atoms with Crippen molar-refractivity contribution in [2.45, 2.75) is 0 Å². The molecule has 0 unspecified atom stereocenters. The molecule has 1 fully saturated rings. The predicted molar refractivity (Wildman–Crippen MR) is 87.4 cm³/mol. The van der Waals surface area contributed by atoms with Crippen LogP contribution in [-0.2, 0) is 0 Å². The van der Waals surface area contributed by atoms with Gasteiger partial charge in [-0.25, -0.2) is 0 Å². The van der Waals surface area contributed by atoms with Crippen LogP contribution in [0.1, 0.15) is 0 Å². The van der Waals surface area contributed by atoms with Gasteiger partial charge in [-0.05, 0) is 37.8 Å². The number of rotatable bonds is 3. The molecule has 5 radical (unpaired) electrons. The molecule has 2 aromatic rings. The highest BCUT2D eigenvalue weighted by Crippen LogP contribution is 2.57. The molecule has 2 aromatic carbocycles. The van der Waals surface area contributed by atoms with E-state index in [1.165, 1.54) is 21.1 Å². The summed E-state index contributed by atoms with van der Waals surface area (Å²) in [5.41, 5.74) is 1.38. The average Bonchev–Trinajstić information content (AvgIpc) is 2.88. The van der Waals surface area contributed by atoms with E-state index in [1.54, 1.807) is 0 Å². The molecule has 93 valence electrons. The van der Waals surface area contributed by atoms with Gasteiger partial charge in [0.25, 0.3) is 0 Å². The monoisotopic (exact) mass is 327 g/mol. The molecule has 3 rings (SSSR count). The van der Waals surface area contributed by atoms with E-state index in [2.05, 4.69) is 95.9 Å². The third-order valence-electron chi connectivity index (χ3n) is 3.01. The van der Waals surface area contributed by atoms with E-state index < -0.39 is 7.92 Å². The Morgan fingerprint density at radius 3 is 1.63 bits per heavy atom. The molecule has 0 aliphatic heterocycles. The molecule has 0 N–H and O–H groups in total. The van der Waals surface area contributed by atoms with Gasteiger partial charge in [0.15, 0.2) is 0 Å². The van der Waals surface area contributed by atoms with E-state index in [9.17, 15) is 0 Å². The summed E-state index contributed by atoms with van der Waals surface area (Å²) in [5, 5.41) is 2.77. The van der Waals surface area contributed by atoms with E-state index in [4.69, 9.17) is 0 Å². The fourth-order valence-corrected chi connectivity index (χ4v) is 5.29. The zero-order valence-corrected chi connectivity index (χ0v) is 12.8. The molecule has 2 heteroatoms. The van der Waals surface area contributed by atoms with E-state index in [-0.39, 0.29) is 0 Å². The smallest absolute Gasteiger partial charge is 0.0571 e. The van der Waals surface area contributed by atoms with Gasteiger partial charge in [-0.15, -0.1) is 0 Å². The Bertz CT molecular complexity index is 472. The quantitative estimate of drug-likeness (QED) is 0.741. The van der Waals surface area contributed by atoms with Crippen LogP contribution in [0.5, 0.6) is 0 Å². The maximum atomic E-state index is 3.68. The highest BCUT2D eigenvalue weighted by atomic mass is 79.9. The molecule has 1 aliphatic carbocycles. The van der Waals surface area contributed by atoms with Crippen LogP contribution in [0.3, 0.4) is 0 Å². The Labute approximate surface area is 125 Å². The summed E-state index contributed by atoms with van der Waals surface area (Å²) in [6, 6.07) is 21.5. The van der Waals surface area contributed by atoms with Crippen LogP contribution in [0.4, 0.5) is 0 Å². The fraction of sp³-hybridized carbons (Fsp3) is 0. The van der Waals surface area contributed by atoms with Gasteiger partial charge >= 0.3 is 0 Å². The van der Waals surface area contributed by atoms with Gasteiger partial charge < -0.3 is 0 Å². The summed E-state index contributed by atoms with van der Waals surface area (Å²) >= 11 is 3.68. The first-order valence-corrected chi connectivity index (χ1v) is 8.31. The molecule has 0 bridgehead atoms. The van der Waals surface area contributed by atoms with Crippen molar-refractivity contribution in [1.29, 1.82) is 0 Å². The Morgan fingerprint density at radius 1 is 0.684 bits per heavy atom. The Hall–Kier alpha value is -0.650. The van der Waals surface area contributed by atoms with Crippen LogP contribution < -0.4 is 10.6 Å². The summed E-state index contributed by atoms with van der Waals surface area (Å²) < 4.78 is 0. The maximum absolute atomic E-state index is 3.68. The lowest BCUT2D eigenvalue weighted by atomic mass is 10.3. The number of halogens is 1. The molecule has 19 heavy (non-hydrogen) atoms. The van der Waals surface area contributed by atoms with E-state index in [0.29, 0.717) is 0 Å². The second-order valence-electron chi connectivity index (χ2n) is 4.27. The zero-order chi connectivity index (χ0) is 13.1. The first kappa shape index (κ1) is 13.3. The van der Waals surface area contributed by atoms with Gasteiger partial charge in [-0.2, -0.15) is 0 Å². The minimum absolute atomic E-state index is 0.477. The normalized spacial score (nSPS) is 17.2. The molecule has 0 atom stereocenters. The molecule has 1 saturated carbocycles. The summed E-state index contributed by atoms with van der Waals surface area (Å²) in [5.74, 6) is 0. The topological polar surface area (TPSA) is 0 Å². The molecule has 0 amide bonds. The lowest BCUT2D eigenvalue weighted by molar-refractivity contribution is 1.48. The van der Waals surface area contributed by atoms with Crippen LogP contribution in [0.2, 0.25) is 0 Å². The second kappa shape index (κ2) is 6.20. The summed E-state index contributed by atoms with van der Waals surface area (Å²) in [6.45, 7) is 0. The van der Waals surface area contributed by atoms with E-state index in [0.717, 1.165) is 0 Å². The number of hydrogen-bond donors (Lipinski definition) is 0. The van der Waals surface area contributed by atoms with Crippen LogP contribution in [0.25, 0.3) is 0 Å². The minimum Gasteiger partial charge on any atom is -0.0824 e. The van der Waals surface area contributed by atoms with Crippen molar-refractivity contribution in [1.82, 2.24) is 0 Å². The lowest BCUT2D eigenvalue weighted by Crippen LogP contribution is -2.17. The van der Waals surface area contributed by atoms with Gasteiger partial charge in [0.2, 0.25) is 0 Å². The van der Waals surface area contributed by atoms with E-state index in [1.807, 2.05) is 0 Å². The van der Waals surface area contributed by atoms with Gasteiger partial charge in [0.1, 0.15) is 0 Å². The van der Waals surface area contributed by atoms with Crippen LogP contribution in [0, 0.1) is 29.7 Å². The molecule has 0 nitrogen and oxygen atoms in total. The number of benzene rings is 2. The van der Waals surface area contributed by atoms with Crippen LogP contribution >= 0.6 is 23.9 Å². The predicted octanol–water partition coefficient (Wildman–Crippen LogP) is 4.20. The summed E-state index contributed by atoms with van der Waals surface area (Å²) in [6.07, 6.45) is 6.45. The van der Waals surface area contributed by atoms with Crippen molar-refractivity contribution >= 4 is 34.5 Å². The fourth-order valence-electron chi connectivity index (χ4n) is 2.15. The first-order valence-electron chi connectivity index (χ1n) is 6.18. The van der Waals surface area contributed by atoms with Crippen molar-refractivity contribution < 1.29 is 0 Å². The third kappa shape index (κ3) is 2.93. The Balaban J connectivity index is 2.01. The van der Waals surface area contributed by atoms with Gasteiger partial charge in [-0.3, -0.25) is 0 Å². The SMILES string of the molecule is Br[C]1[CH][CH][CH][C]1P(c1ccccc1)c1ccccc1. The molecule has 1 aliphatic rings. The van der Waals surface area contributed by atoms with Crippen molar-refractivity contribution in [2.24, 2.45) is 0 Å². The molecule has 0 saturated heterocycles. The molecular weight excluding hydrogens is 315 g/mol. The zero-order valence-electron chi connectivity index (χ0n) is 10.3. The van der Waals surface area contributed by atoms with E-state index >= 15 is 0 Å². The number of hydrogen-bond acceptors (Lipinski definition) is 0. The first-order chi connectivity index (χ1) is 9.36. The summed E-state index contributed by atoms with van der Waals surface area (Å²) in [7, 11) is -0.477. The maximum Gasteiger partial charge on any atom is 0.0571 e. The molecule has 0 aromatic heterocycles. The molecule has 0 heterocycles. The van der Waals surface area contributed by atoms with Crippen molar-refractivity contribution in [3.8, 4) is 0 Å². The molecule has 0 spiro atoms. The van der Waals surface area contributed by atoms with Crippen molar-refractivity contribution in [3.63, 3.8) is 0 Å². The minimum atomic E-state index is -0.477. The lowest BCUT2D eigenvalue weighted by Gasteiger charge is -2.26. The van der Waals surface area contributed by atoms with Gasteiger partial charge in [0.05, 0.1) is 4.83 Å². The van der Waals surface area contributed by atoms with Crippen molar-refractivity contribution in [3.05, 3.63) is 90.4 Å². The Kier molecular flexibility index (Phi) is 4.35. The van der Waals surface area contributed by atoms with Crippen LogP contribution in [-0.4, -0.2) is 0 Å². The van der Waals surface area contributed by atoms with Crippen molar-refractivity contribution in [2.75, 3.05) is 0 Å². The van der Waals surface area contributed by atoms with Crippen LogP contribution in [0.15, 0.2) is 60.7 Å². The Morgan fingerprint density at radius 2 is 1.21 bits per heavy atom. The second-order valence-corrected chi connectivity index (χ2v) is 7.31.